The van der Waals surface area contributed by atoms with E-state index in [0.717, 1.165) is 12.1 Å². The smallest absolute Gasteiger partial charge is 0.225 e. The summed E-state index contributed by atoms with van der Waals surface area (Å²) >= 11 is 5.61. The van der Waals surface area contributed by atoms with E-state index >= 15 is 0 Å². The van der Waals surface area contributed by atoms with E-state index in [0.29, 0.717) is 12.3 Å². The molecule has 0 heterocycles. The summed E-state index contributed by atoms with van der Waals surface area (Å²) in [7, 11) is 0. The third-order valence-electron chi connectivity index (χ3n) is 2.60. The van der Waals surface area contributed by atoms with E-state index in [4.69, 9.17) is 11.6 Å². The van der Waals surface area contributed by atoms with Crippen LogP contribution in [0.25, 0.3) is 0 Å². The van der Waals surface area contributed by atoms with Gasteiger partial charge in [-0.3, -0.25) is 4.79 Å². The van der Waals surface area contributed by atoms with E-state index in [1.54, 1.807) is 0 Å². The zero-order valence-electron chi connectivity index (χ0n) is 10.4. The van der Waals surface area contributed by atoms with Gasteiger partial charge in [0.15, 0.2) is 0 Å². The maximum absolute atomic E-state index is 13.4. The van der Waals surface area contributed by atoms with Crippen LogP contribution in [0.2, 0.25) is 0 Å². The van der Waals surface area contributed by atoms with Crippen molar-refractivity contribution < 1.29 is 13.6 Å². The lowest BCUT2D eigenvalue weighted by Crippen LogP contribution is -2.44. The van der Waals surface area contributed by atoms with Gasteiger partial charge < -0.3 is 5.32 Å². The van der Waals surface area contributed by atoms with Crippen LogP contribution >= 0.6 is 11.6 Å². The van der Waals surface area contributed by atoms with Crippen molar-refractivity contribution in [3.05, 3.63) is 35.4 Å². The summed E-state index contributed by atoms with van der Waals surface area (Å²) in [6.45, 7) is 3.62. The molecule has 100 valence electrons. The monoisotopic (exact) mass is 275 g/mol. The SMILES string of the molecule is CC(C)(CCCl)NC(=O)Cc1c(F)cccc1F. The van der Waals surface area contributed by atoms with Gasteiger partial charge >= 0.3 is 0 Å². The number of amides is 1. The topological polar surface area (TPSA) is 29.1 Å². The van der Waals surface area contributed by atoms with Crippen molar-refractivity contribution >= 4 is 17.5 Å². The lowest BCUT2D eigenvalue weighted by Gasteiger charge is -2.25. The molecule has 0 unspecified atom stereocenters. The number of carbonyl (C=O) groups excluding carboxylic acids is 1. The summed E-state index contributed by atoms with van der Waals surface area (Å²) in [5.74, 6) is -1.43. The van der Waals surface area contributed by atoms with E-state index in [9.17, 15) is 13.6 Å². The highest BCUT2D eigenvalue weighted by Gasteiger charge is 2.21. The molecule has 1 amide bonds. The van der Waals surface area contributed by atoms with Crippen molar-refractivity contribution in [2.75, 3.05) is 5.88 Å². The molecule has 0 atom stereocenters. The van der Waals surface area contributed by atoms with Crippen LogP contribution in [0.1, 0.15) is 25.8 Å². The molecule has 18 heavy (non-hydrogen) atoms. The van der Waals surface area contributed by atoms with Crippen molar-refractivity contribution in [3.8, 4) is 0 Å². The summed E-state index contributed by atoms with van der Waals surface area (Å²) in [4.78, 5) is 11.7. The van der Waals surface area contributed by atoms with Crippen molar-refractivity contribution in [2.24, 2.45) is 0 Å². The molecule has 1 aromatic rings. The molecule has 1 rings (SSSR count). The molecule has 0 aliphatic rings. The Hall–Kier alpha value is -1.16. The molecule has 0 aromatic heterocycles. The average molecular weight is 276 g/mol. The van der Waals surface area contributed by atoms with Crippen LogP contribution in [-0.2, 0) is 11.2 Å². The summed E-state index contributed by atoms with van der Waals surface area (Å²) in [5.41, 5.74) is -0.697. The fourth-order valence-corrected chi connectivity index (χ4v) is 2.05. The molecular formula is C13H16ClF2NO. The van der Waals surface area contributed by atoms with Gasteiger partial charge in [0, 0.05) is 17.0 Å². The van der Waals surface area contributed by atoms with E-state index in [-0.39, 0.29) is 12.0 Å². The van der Waals surface area contributed by atoms with Gasteiger partial charge in [-0.15, -0.1) is 11.6 Å². The van der Waals surface area contributed by atoms with Crippen LogP contribution in [0.3, 0.4) is 0 Å². The Balaban J connectivity index is 2.71. The lowest BCUT2D eigenvalue weighted by atomic mass is 10.0. The van der Waals surface area contributed by atoms with Crippen LogP contribution < -0.4 is 5.32 Å². The van der Waals surface area contributed by atoms with Crippen LogP contribution in [0.15, 0.2) is 18.2 Å². The molecular weight excluding hydrogens is 260 g/mol. The van der Waals surface area contributed by atoms with Gasteiger partial charge in [0.05, 0.1) is 6.42 Å². The fourth-order valence-electron chi connectivity index (χ4n) is 1.58. The number of rotatable bonds is 5. The highest BCUT2D eigenvalue weighted by atomic mass is 35.5. The van der Waals surface area contributed by atoms with Crippen LogP contribution in [0.5, 0.6) is 0 Å². The molecule has 0 saturated heterocycles. The van der Waals surface area contributed by atoms with E-state index < -0.39 is 23.1 Å². The Kier molecular flexibility index (Phi) is 5.08. The predicted octanol–water partition coefficient (Wildman–Crippen LogP) is 3.03. The molecule has 0 fully saturated rings. The zero-order valence-corrected chi connectivity index (χ0v) is 11.2. The molecule has 2 nitrogen and oxygen atoms in total. The van der Waals surface area contributed by atoms with Gasteiger partial charge in [0.1, 0.15) is 11.6 Å². The van der Waals surface area contributed by atoms with E-state index in [2.05, 4.69) is 5.32 Å². The summed E-state index contributed by atoms with van der Waals surface area (Å²) < 4.78 is 26.7. The number of hydrogen-bond acceptors (Lipinski definition) is 1. The first-order valence-corrected chi connectivity index (χ1v) is 6.19. The Bertz CT molecular complexity index is 415. The molecule has 5 heteroatoms. The molecule has 0 radical (unpaired) electrons. The van der Waals surface area contributed by atoms with Gasteiger partial charge in [-0.1, -0.05) is 6.07 Å². The first-order chi connectivity index (χ1) is 8.35. The second-order valence-electron chi connectivity index (χ2n) is 4.75. The van der Waals surface area contributed by atoms with Gasteiger partial charge in [0.25, 0.3) is 0 Å². The van der Waals surface area contributed by atoms with Crippen molar-refractivity contribution in [3.63, 3.8) is 0 Å². The minimum atomic E-state index is -0.708. The first-order valence-electron chi connectivity index (χ1n) is 5.65. The second-order valence-corrected chi connectivity index (χ2v) is 5.13. The van der Waals surface area contributed by atoms with Gasteiger partial charge in [-0.2, -0.15) is 0 Å². The Morgan fingerprint density at radius 3 is 2.39 bits per heavy atom. The normalized spacial score (nSPS) is 11.4. The summed E-state index contributed by atoms with van der Waals surface area (Å²) in [6, 6.07) is 3.54. The average Bonchev–Trinajstić information content (AvgIpc) is 2.22. The Labute approximate surface area is 110 Å². The summed E-state index contributed by atoms with van der Waals surface area (Å²) in [5, 5.41) is 2.70. The number of carbonyl (C=O) groups is 1. The first kappa shape index (κ1) is 14.9. The molecule has 0 aliphatic carbocycles. The van der Waals surface area contributed by atoms with Crippen molar-refractivity contribution in [1.82, 2.24) is 5.32 Å². The largest absolute Gasteiger partial charge is 0.351 e. The number of alkyl halides is 1. The predicted molar refractivity (Wildman–Crippen MR) is 67.6 cm³/mol. The van der Waals surface area contributed by atoms with Gasteiger partial charge in [-0.25, -0.2) is 8.78 Å². The molecule has 0 saturated carbocycles. The number of nitrogens with one attached hydrogen (secondary N) is 1. The third kappa shape index (κ3) is 4.26. The molecule has 1 N–H and O–H groups in total. The summed E-state index contributed by atoms with van der Waals surface area (Å²) in [6.07, 6.45) is 0.268. The maximum Gasteiger partial charge on any atom is 0.225 e. The molecule has 0 spiro atoms. The Morgan fingerprint density at radius 1 is 1.33 bits per heavy atom. The standard InChI is InChI=1S/C13H16ClF2NO/c1-13(2,6-7-14)17-12(18)8-9-10(15)4-3-5-11(9)16/h3-5H,6-8H2,1-2H3,(H,17,18). The van der Waals surface area contributed by atoms with Crippen molar-refractivity contribution in [2.45, 2.75) is 32.2 Å². The van der Waals surface area contributed by atoms with E-state index in [1.165, 1.54) is 6.07 Å². The molecule has 0 bridgehead atoms. The number of halogens is 3. The van der Waals surface area contributed by atoms with Crippen LogP contribution in [0, 0.1) is 11.6 Å². The number of benzene rings is 1. The Morgan fingerprint density at radius 2 is 1.89 bits per heavy atom. The third-order valence-corrected chi connectivity index (χ3v) is 2.79. The zero-order chi connectivity index (χ0) is 13.8. The highest BCUT2D eigenvalue weighted by Crippen LogP contribution is 2.14. The second kappa shape index (κ2) is 6.14. The van der Waals surface area contributed by atoms with Gasteiger partial charge in [-0.05, 0) is 32.4 Å². The van der Waals surface area contributed by atoms with E-state index in [1.807, 2.05) is 13.8 Å². The maximum atomic E-state index is 13.4. The van der Waals surface area contributed by atoms with Gasteiger partial charge in [0.2, 0.25) is 5.91 Å². The van der Waals surface area contributed by atoms with Crippen LogP contribution in [0.4, 0.5) is 8.78 Å². The molecule has 1 aromatic carbocycles. The fraction of sp³-hybridized carbons (Fsp3) is 0.462. The number of hydrogen-bond donors (Lipinski definition) is 1. The minimum Gasteiger partial charge on any atom is -0.351 e. The quantitative estimate of drug-likeness (QED) is 0.823. The molecule has 0 aliphatic heterocycles. The highest BCUT2D eigenvalue weighted by molar-refractivity contribution is 6.17. The van der Waals surface area contributed by atoms with Crippen molar-refractivity contribution in [1.29, 1.82) is 0 Å². The minimum absolute atomic E-state index is 0.211. The lowest BCUT2D eigenvalue weighted by molar-refractivity contribution is -0.122. The van der Waals surface area contributed by atoms with Crippen LogP contribution in [-0.4, -0.2) is 17.3 Å².